The fourth-order valence-electron chi connectivity index (χ4n) is 1.64. The second-order valence-electron chi connectivity index (χ2n) is 4.31. The van der Waals surface area contributed by atoms with E-state index in [9.17, 15) is 4.39 Å². The second kappa shape index (κ2) is 5.93. The largest absolute Gasteiger partial charge is 0.339 e. The topological polar surface area (TPSA) is 62.7 Å². The molecule has 0 amide bonds. The number of halogens is 2. The van der Waals surface area contributed by atoms with Crippen LogP contribution in [-0.4, -0.2) is 10.1 Å². The van der Waals surface area contributed by atoms with E-state index >= 15 is 0 Å². The summed E-state index contributed by atoms with van der Waals surface area (Å²) in [7, 11) is 0. The molecular weight excluding hydrogens is 313 g/mol. The van der Waals surface area contributed by atoms with E-state index in [-0.39, 0.29) is 11.7 Å². The van der Waals surface area contributed by atoms with Crippen LogP contribution in [0, 0.1) is 23.1 Å². The Kier molecular flexibility index (Phi) is 4.27. The Labute approximate surface area is 118 Å². The molecule has 0 radical (unpaired) electrons. The summed E-state index contributed by atoms with van der Waals surface area (Å²) in [6, 6.07) is 6.39. The molecular formula is C13H11BrFN3O. The zero-order chi connectivity index (χ0) is 13.8. The Balaban J connectivity index is 2.21. The van der Waals surface area contributed by atoms with Gasteiger partial charge in [-0.15, -0.1) is 0 Å². The molecule has 0 N–H and O–H groups in total. The van der Waals surface area contributed by atoms with Gasteiger partial charge in [0.25, 0.3) is 0 Å². The van der Waals surface area contributed by atoms with Crippen LogP contribution in [0.15, 0.2) is 27.2 Å². The molecule has 0 saturated carbocycles. The second-order valence-corrected chi connectivity index (χ2v) is 5.16. The molecule has 98 valence electrons. The van der Waals surface area contributed by atoms with E-state index in [1.54, 1.807) is 6.07 Å². The van der Waals surface area contributed by atoms with Gasteiger partial charge in [-0.05, 0) is 24.1 Å². The predicted octanol–water partition coefficient (Wildman–Crippen LogP) is 3.73. The molecule has 1 aromatic heterocycles. The summed E-state index contributed by atoms with van der Waals surface area (Å²) in [6.45, 7) is 1.94. The highest BCUT2D eigenvalue weighted by atomic mass is 79.9. The Hall–Kier alpha value is -1.74. The minimum atomic E-state index is -0.359. The van der Waals surface area contributed by atoms with Crippen molar-refractivity contribution >= 4 is 15.9 Å². The first-order valence-corrected chi connectivity index (χ1v) is 6.54. The van der Waals surface area contributed by atoms with E-state index in [2.05, 4.69) is 32.1 Å². The summed E-state index contributed by atoms with van der Waals surface area (Å²) >= 11 is 3.32. The lowest BCUT2D eigenvalue weighted by Gasteiger charge is -2.00. The van der Waals surface area contributed by atoms with Crippen molar-refractivity contribution in [2.24, 2.45) is 5.92 Å². The molecule has 2 aromatic rings. The van der Waals surface area contributed by atoms with Gasteiger partial charge in [0.1, 0.15) is 5.82 Å². The molecule has 0 bridgehead atoms. The third-order valence-corrected chi connectivity index (χ3v) is 3.29. The fraction of sp³-hybridized carbons (Fsp3) is 0.308. The summed E-state index contributed by atoms with van der Waals surface area (Å²) in [6.07, 6.45) is 0.967. The zero-order valence-electron chi connectivity index (χ0n) is 10.2. The highest BCUT2D eigenvalue weighted by Crippen LogP contribution is 2.27. The van der Waals surface area contributed by atoms with Crippen LogP contribution in [0.2, 0.25) is 0 Å². The minimum Gasteiger partial charge on any atom is -0.339 e. The molecule has 1 unspecified atom stereocenters. The third kappa shape index (κ3) is 3.38. The smallest absolute Gasteiger partial charge is 0.227 e. The summed E-state index contributed by atoms with van der Waals surface area (Å²) < 4.78 is 19.0. The van der Waals surface area contributed by atoms with E-state index in [1.165, 1.54) is 12.1 Å². The van der Waals surface area contributed by atoms with E-state index < -0.39 is 0 Å². The van der Waals surface area contributed by atoms with Gasteiger partial charge < -0.3 is 4.52 Å². The van der Waals surface area contributed by atoms with Gasteiger partial charge in [0.05, 0.1) is 6.07 Å². The highest BCUT2D eigenvalue weighted by Gasteiger charge is 2.14. The van der Waals surface area contributed by atoms with Crippen molar-refractivity contribution in [2.75, 3.05) is 0 Å². The van der Waals surface area contributed by atoms with Gasteiger partial charge in [0.15, 0.2) is 0 Å². The van der Waals surface area contributed by atoms with Crippen LogP contribution in [0.1, 0.15) is 19.2 Å². The standard InChI is InChI=1S/C13H11BrFN3O/c1-8(4-5-16)6-12-17-13(18-19-12)10-7-9(15)2-3-11(10)14/h2-3,7-8H,4,6H2,1H3. The Morgan fingerprint density at radius 2 is 2.32 bits per heavy atom. The first kappa shape index (κ1) is 13.7. The number of nitrogens with zero attached hydrogens (tertiary/aromatic N) is 3. The molecule has 0 aliphatic heterocycles. The first-order chi connectivity index (χ1) is 9.10. The van der Waals surface area contributed by atoms with Gasteiger partial charge in [-0.2, -0.15) is 10.2 Å². The van der Waals surface area contributed by atoms with E-state index in [1.807, 2.05) is 6.92 Å². The molecule has 2 rings (SSSR count). The SMILES string of the molecule is CC(CC#N)Cc1nc(-c2cc(F)ccc2Br)no1. The molecule has 0 saturated heterocycles. The molecule has 1 atom stereocenters. The molecule has 0 aliphatic rings. The van der Waals surface area contributed by atoms with Crippen LogP contribution in [0.3, 0.4) is 0 Å². The monoisotopic (exact) mass is 323 g/mol. The average Bonchev–Trinajstić information content (AvgIpc) is 2.81. The summed E-state index contributed by atoms with van der Waals surface area (Å²) in [4.78, 5) is 4.22. The summed E-state index contributed by atoms with van der Waals surface area (Å²) in [5, 5.41) is 12.4. The lowest BCUT2D eigenvalue weighted by molar-refractivity contribution is 0.359. The zero-order valence-corrected chi connectivity index (χ0v) is 11.8. The van der Waals surface area contributed by atoms with Crippen molar-refractivity contribution < 1.29 is 8.91 Å². The number of rotatable bonds is 4. The maximum absolute atomic E-state index is 13.2. The van der Waals surface area contributed by atoms with Gasteiger partial charge in [-0.25, -0.2) is 4.39 Å². The van der Waals surface area contributed by atoms with Crippen molar-refractivity contribution in [1.29, 1.82) is 5.26 Å². The van der Waals surface area contributed by atoms with Crippen LogP contribution in [-0.2, 0) is 6.42 Å². The van der Waals surface area contributed by atoms with Crippen molar-refractivity contribution in [2.45, 2.75) is 19.8 Å². The molecule has 0 spiro atoms. The van der Waals surface area contributed by atoms with Crippen LogP contribution in [0.5, 0.6) is 0 Å². The van der Waals surface area contributed by atoms with E-state index in [4.69, 9.17) is 9.78 Å². The Morgan fingerprint density at radius 1 is 1.53 bits per heavy atom. The molecule has 19 heavy (non-hydrogen) atoms. The average molecular weight is 324 g/mol. The number of aromatic nitrogens is 2. The van der Waals surface area contributed by atoms with Crippen LogP contribution in [0.25, 0.3) is 11.4 Å². The van der Waals surface area contributed by atoms with Crippen LogP contribution >= 0.6 is 15.9 Å². The van der Waals surface area contributed by atoms with Crippen molar-refractivity contribution in [3.05, 3.63) is 34.4 Å². The molecule has 1 aromatic carbocycles. The number of benzene rings is 1. The third-order valence-electron chi connectivity index (χ3n) is 2.60. The van der Waals surface area contributed by atoms with Crippen molar-refractivity contribution in [3.63, 3.8) is 0 Å². The first-order valence-electron chi connectivity index (χ1n) is 5.75. The molecule has 0 aliphatic carbocycles. The minimum absolute atomic E-state index is 0.147. The van der Waals surface area contributed by atoms with Crippen molar-refractivity contribution in [3.8, 4) is 17.5 Å². The highest BCUT2D eigenvalue weighted by molar-refractivity contribution is 9.10. The van der Waals surface area contributed by atoms with Crippen LogP contribution in [0.4, 0.5) is 4.39 Å². The van der Waals surface area contributed by atoms with Gasteiger partial charge in [-0.1, -0.05) is 28.0 Å². The summed E-state index contributed by atoms with van der Waals surface area (Å²) in [5.41, 5.74) is 0.544. The lowest BCUT2D eigenvalue weighted by atomic mass is 10.1. The van der Waals surface area contributed by atoms with Gasteiger partial charge in [-0.3, -0.25) is 0 Å². The summed E-state index contributed by atoms with van der Waals surface area (Å²) in [5.74, 6) is 0.580. The van der Waals surface area contributed by atoms with Crippen molar-refractivity contribution in [1.82, 2.24) is 10.1 Å². The molecule has 4 nitrogen and oxygen atoms in total. The van der Waals surface area contributed by atoms with Crippen LogP contribution < -0.4 is 0 Å². The number of hydrogen-bond donors (Lipinski definition) is 0. The van der Waals surface area contributed by atoms with E-state index in [0.717, 1.165) is 0 Å². The molecule has 6 heteroatoms. The normalized spacial score (nSPS) is 12.1. The fourth-order valence-corrected chi connectivity index (χ4v) is 2.07. The van der Waals surface area contributed by atoms with Gasteiger partial charge in [0, 0.05) is 22.9 Å². The lowest BCUT2D eigenvalue weighted by Crippen LogP contribution is -1.98. The Bertz CT molecular complexity index is 621. The van der Waals surface area contributed by atoms with Gasteiger partial charge >= 0.3 is 0 Å². The number of hydrogen-bond acceptors (Lipinski definition) is 4. The molecule has 0 fully saturated rings. The van der Waals surface area contributed by atoms with E-state index in [0.29, 0.717) is 34.6 Å². The maximum Gasteiger partial charge on any atom is 0.227 e. The van der Waals surface area contributed by atoms with Gasteiger partial charge in [0.2, 0.25) is 11.7 Å². The number of nitriles is 1. The Morgan fingerprint density at radius 3 is 3.05 bits per heavy atom. The quantitative estimate of drug-likeness (QED) is 0.860. The molecule has 1 heterocycles. The predicted molar refractivity (Wildman–Crippen MR) is 70.5 cm³/mol. The maximum atomic E-state index is 13.2.